The molecule has 13 heteroatoms. The third-order valence-electron chi connectivity index (χ3n) is 5.03. The zero-order chi connectivity index (χ0) is 27.1. The Kier molecular flexibility index (Phi) is 7.19. The molecule has 0 aliphatic carbocycles. The highest BCUT2D eigenvalue weighted by atomic mass is 32.2. The van der Waals surface area contributed by atoms with Crippen molar-refractivity contribution in [1.29, 1.82) is 0 Å². The van der Waals surface area contributed by atoms with Crippen molar-refractivity contribution in [2.24, 2.45) is 7.05 Å². The number of pyridine rings is 1. The van der Waals surface area contributed by atoms with Gasteiger partial charge in [0, 0.05) is 18.0 Å². The number of imidazole rings is 1. The second-order valence-electron chi connectivity index (χ2n) is 9.06. The standard InChI is InChI=1S/C22H22F3N5O.CH4O3S/c1-21(2,3)17-11-16(30(4)29-17)19-26-15-10-14(27-20(31-5)18(15)28-19)12-8-6-7-9-13(12)22(23,24)25;1-5(2,3)4/h6-11H,1-5H3,(H,26,28);1H3,(H,2,3,4). The first-order valence-corrected chi connectivity index (χ1v) is 12.4. The van der Waals surface area contributed by atoms with Gasteiger partial charge in [0.15, 0.2) is 11.3 Å². The van der Waals surface area contributed by atoms with E-state index in [1.54, 1.807) is 16.8 Å². The number of benzene rings is 1. The highest BCUT2D eigenvalue weighted by Crippen LogP contribution is 2.38. The van der Waals surface area contributed by atoms with Crippen LogP contribution < -0.4 is 4.74 Å². The molecule has 0 bridgehead atoms. The van der Waals surface area contributed by atoms with Crippen LogP contribution in [0.25, 0.3) is 33.8 Å². The van der Waals surface area contributed by atoms with Crippen LogP contribution in [0.15, 0.2) is 36.4 Å². The number of aromatic nitrogens is 5. The molecule has 0 spiro atoms. The minimum absolute atomic E-state index is 0.0260. The lowest BCUT2D eigenvalue weighted by molar-refractivity contribution is -0.137. The molecule has 0 saturated heterocycles. The van der Waals surface area contributed by atoms with Crippen LogP contribution in [-0.4, -0.2) is 51.1 Å². The van der Waals surface area contributed by atoms with Gasteiger partial charge >= 0.3 is 6.18 Å². The maximum absolute atomic E-state index is 13.5. The van der Waals surface area contributed by atoms with E-state index in [2.05, 4.69) is 40.8 Å². The lowest BCUT2D eigenvalue weighted by atomic mass is 9.92. The summed E-state index contributed by atoms with van der Waals surface area (Å²) in [4.78, 5) is 12.1. The molecule has 3 heterocycles. The van der Waals surface area contributed by atoms with E-state index < -0.39 is 21.9 Å². The summed E-state index contributed by atoms with van der Waals surface area (Å²) in [7, 11) is -0.435. The first kappa shape index (κ1) is 27.1. The third kappa shape index (κ3) is 6.21. The van der Waals surface area contributed by atoms with Crippen molar-refractivity contribution in [2.75, 3.05) is 13.4 Å². The van der Waals surface area contributed by atoms with Gasteiger partial charge in [-0.2, -0.15) is 26.7 Å². The summed E-state index contributed by atoms with van der Waals surface area (Å²) >= 11 is 0. The van der Waals surface area contributed by atoms with Crippen LogP contribution in [0.3, 0.4) is 0 Å². The number of H-pyrrole nitrogens is 1. The lowest BCUT2D eigenvalue weighted by Gasteiger charge is -2.13. The number of methoxy groups -OCH3 is 1. The molecule has 36 heavy (non-hydrogen) atoms. The summed E-state index contributed by atoms with van der Waals surface area (Å²) in [5.74, 6) is 0.673. The number of nitrogens with zero attached hydrogens (tertiary/aromatic N) is 4. The van der Waals surface area contributed by atoms with Crippen molar-refractivity contribution in [3.8, 4) is 28.7 Å². The van der Waals surface area contributed by atoms with Crippen LogP contribution in [0, 0.1) is 0 Å². The monoisotopic (exact) mass is 525 g/mol. The Morgan fingerprint density at radius 3 is 2.22 bits per heavy atom. The Bertz CT molecular complexity index is 1490. The van der Waals surface area contributed by atoms with Crippen molar-refractivity contribution in [3.05, 3.63) is 47.7 Å². The molecule has 0 atom stereocenters. The predicted molar refractivity (Wildman–Crippen MR) is 129 cm³/mol. The summed E-state index contributed by atoms with van der Waals surface area (Å²) in [6, 6.07) is 8.83. The Labute approximate surface area is 206 Å². The topological polar surface area (TPSA) is 123 Å². The van der Waals surface area contributed by atoms with Gasteiger partial charge in [0.2, 0.25) is 5.88 Å². The number of aromatic amines is 1. The van der Waals surface area contributed by atoms with Gasteiger partial charge in [-0.3, -0.25) is 9.23 Å². The molecule has 0 unspecified atom stereocenters. The average molecular weight is 526 g/mol. The summed E-state index contributed by atoms with van der Waals surface area (Å²) in [5, 5.41) is 4.56. The smallest absolute Gasteiger partial charge is 0.417 e. The number of alkyl halides is 3. The Morgan fingerprint density at radius 1 is 1.08 bits per heavy atom. The molecule has 0 radical (unpaired) electrons. The molecule has 0 amide bonds. The molecular formula is C23H26F3N5O4S. The van der Waals surface area contributed by atoms with Crippen LogP contribution >= 0.6 is 0 Å². The summed E-state index contributed by atoms with van der Waals surface area (Å²) < 4.78 is 73.5. The number of fused-ring (bicyclic) bond motifs is 1. The van der Waals surface area contributed by atoms with E-state index in [9.17, 15) is 21.6 Å². The minimum Gasteiger partial charge on any atom is -0.479 e. The minimum atomic E-state index is -4.50. The number of ether oxygens (including phenoxy) is 1. The first-order chi connectivity index (χ1) is 16.5. The maximum Gasteiger partial charge on any atom is 0.417 e. The van der Waals surface area contributed by atoms with E-state index in [0.29, 0.717) is 23.1 Å². The molecule has 2 N–H and O–H groups in total. The lowest BCUT2D eigenvalue weighted by Crippen LogP contribution is -2.12. The Hall–Kier alpha value is -3.45. The number of hydrogen-bond donors (Lipinski definition) is 2. The van der Waals surface area contributed by atoms with Crippen molar-refractivity contribution < 1.29 is 30.9 Å². The number of rotatable bonds is 3. The van der Waals surface area contributed by atoms with Crippen LogP contribution in [0.4, 0.5) is 13.2 Å². The largest absolute Gasteiger partial charge is 0.479 e. The van der Waals surface area contributed by atoms with E-state index >= 15 is 0 Å². The van der Waals surface area contributed by atoms with Crippen molar-refractivity contribution in [3.63, 3.8) is 0 Å². The fourth-order valence-electron chi connectivity index (χ4n) is 3.40. The zero-order valence-corrected chi connectivity index (χ0v) is 21.3. The van der Waals surface area contributed by atoms with Gasteiger partial charge in [-0.15, -0.1) is 0 Å². The van der Waals surface area contributed by atoms with Crippen molar-refractivity contribution in [1.82, 2.24) is 24.7 Å². The molecule has 194 valence electrons. The van der Waals surface area contributed by atoms with E-state index in [-0.39, 0.29) is 22.6 Å². The Balaban J connectivity index is 0.000000658. The fraction of sp³-hybridized carbons (Fsp3) is 0.348. The SMILES string of the molecule is COc1nc(-c2ccccc2C(F)(F)F)cc2[nH]c(-c3cc(C(C)(C)C)nn3C)nc12.CS(=O)(=O)O. The third-order valence-corrected chi connectivity index (χ3v) is 5.03. The molecule has 9 nitrogen and oxygen atoms in total. The maximum atomic E-state index is 13.5. The summed E-state index contributed by atoms with van der Waals surface area (Å²) in [6.07, 6.45) is -3.79. The van der Waals surface area contributed by atoms with Gasteiger partial charge in [0.1, 0.15) is 5.69 Å². The van der Waals surface area contributed by atoms with Crippen molar-refractivity contribution in [2.45, 2.75) is 32.4 Å². The van der Waals surface area contributed by atoms with E-state index in [1.165, 1.54) is 19.2 Å². The predicted octanol–water partition coefficient (Wildman–Crippen LogP) is 4.85. The highest BCUT2D eigenvalue weighted by molar-refractivity contribution is 7.85. The van der Waals surface area contributed by atoms with Crippen molar-refractivity contribution >= 4 is 21.2 Å². The van der Waals surface area contributed by atoms with Gasteiger partial charge in [-0.25, -0.2) is 9.97 Å². The highest BCUT2D eigenvalue weighted by Gasteiger charge is 2.34. The zero-order valence-electron chi connectivity index (χ0n) is 20.5. The van der Waals surface area contributed by atoms with Gasteiger partial charge in [-0.1, -0.05) is 39.0 Å². The second-order valence-corrected chi connectivity index (χ2v) is 10.5. The Morgan fingerprint density at radius 2 is 1.69 bits per heavy atom. The fourth-order valence-corrected chi connectivity index (χ4v) is 3.40. The average Bonchev–Trinajstić information content (AvgIpc) is 3.34. The van der Waals surface area contributed by atoms with Gasteiger partial charge in [0.05, 0.1) is 35.8 Å². The molecule has 0 aliphatic heterocycles. The number of hydrogen-bond acceptors (Lipinski definition) is 6. The molecule has 0 saturated carbocycles. The van der Waals surface area contributed by atoms with Crippen LogP contribution in [0.1, 0.15) is 32.0 Å². The van der Waals surface area contributed by atoms with Crippen LogP contribution in [0.2, 0.25) is 0 Å². The second kappa shape index (κ2) is 9.54. The summed E-state index contributed by atoms with van der Waals surface area (Å²) in [6.45, 7) is 6.19. The van der Waals surface area contributed by atoms with Crippen LogP contribution in [-0.2, 0) is 28.8 Å². The molecule has 0 fully saturated rings. The van der Waals surface area contributed by atoms with Gasteiger partial charge < -0.3 is 9.72 Å². The normalized spacial score (nSPS) is 12.4. The number of halogens is 3. The number of nitrogens with one attached hydrogen (secondary N) is 1. The molecule has 0 aliphatic rings. The van der Waals surface area contributed by atoms with Crippen LogP contribution in [0.5, 0.6) is 5.88 Å². The first-order valence-electron chi connectivity index (χ1n) is 10.6. The van der Waals surface area contributed by atoms with E-state index in [1.807, 2.05) is 13.1 Å². The van der Waals surface area contributed by atoms with E-state index in [4.69, 9.17) is 9.29 Å². The van der Waals surface area contributed by atoms with E-state index in [0.717, 1.165) is 17.5 Å². The quantitative estimate of drug-likeness (QED) is 0.367. The summed E-state index contributed by atoms with van der Waals surface area (Å²) in [5.41, 5.74) is 1.82. The molecule has 1 aromatic carbocycles. The molecule has 4 aromatic rings. The molecular weight excluding hydrogens is 499 g/mol. The molecule has 3 aromatic heterocycles. The van der Waals surface area contributed by atoms with Gasteiger partial charge in [-0.05, 0) is 18.2 Å². The molecule has 4 rings (SSSR count). The number of aryl methyl sites for hydroxylation is 1. The van der Waals surface area contributed by atoms with Gasteiger partial charge in [0.25, 0.3) is 10.1 Å².